The van der Waals surface area contributed by atoms with Gasteiger partial charge in [-0.1, -0.05) is 158 Å². The first-order valence-electron chi connectivity index (χ1n) is 17.9. The van der Waals surface area contributed by atoms with Gasteiger partial charge < -0.3 is 0 Å². The molecule has 1 heteroatoms. The first-order chi connectivity index (χ1) is 25.8. The summed E-state index contributed by atoms with van der Waals surface area (Å²) in [6.45, 7) is 0. The maximum absolute atomic E-state index is 5.21. The van der Waals surface area contributed by atoms with Gasteiger partial charge in [0.2, 0.25) is 0 Å². The molecule has 0 N–H and O–H groups in total. The van der Waals surface area contributed by atoms with Crippen molar-refractivity contribution in [1.82, 2.24) is 4.98 Å². The molecular formula is C51H33N. The molecule has 1 aromatic heterocycles. The van der Waals surface area contributed by atoms with E-state index in [-0.39, 0.29) is 0 Å². The van der Waals surface area contributed by atoms with E-state index in [2.05, 4.69) is 200 Å². The molecule has 0 aliphatic heterocycles. The Morgan fingerprint density at radius 3 is 1.04 bits per heavy atom. The summed E-state index contributed by atoms with van der Waals surface area (Å²) in [5.41, 5.74) is 11.2. The molecule has 10 rings (SSSR count). The SMILES string of the molecule is c1ccc(-c2cc(-c3cc(-c4cc5ccccc5c5ccccc45)cc(-c4cc5ccccc5c5ccccc45)c3)cc(-c3ccccc3)n2)cc1. The van der Waals surface area contributed by atoms with Crippen LogP contribution in [0.1, 0.15) is 0 Å². The van der Waals surface area contributed by atoms with Crippen molar-refractivity contribution >= 4 is 43.1 Å². The number of nitrogens with zero attached hydrogens (tertiary/aromatic N) is 1. The van der Waals surface area contributed by atoms with Crippen molar-refractivity contribution in [2.45, 2.75) is 0 Å². The van der Waals surface area contributed by atoms with Crippen LogP contribution in [0.25, 0.3) is 99.0 Å². The normalized spacial score (nSPS) is 11.5. The Labute approximate surface area is 303 Å². The van der Waals surface area contributed by atoms with Crippen LogP contribution in [0.3, 0.4) is 0 Å². The molecular weight excluding hydrogens is 627 g/mol. The van der Waals surface area contributed by atoms with Crippen molar-refractivity contribution in [1.29, 1.82) is 0 Å². The predicted molar refractivity (Wildman–Crippen MR) is 221 cm³/mol. The van der Waals surface area contributed by atoms with Gasteiger partial charge in [0.05, 0.1) is 11.4 Å². The smallest absolute Gasteiger partial charge is 0.0715 e. The number of pyridine rings is 1. The summed E-state index contributed by atoms with van der Waals surface area (Å²) < 4.78 is 0. The van der Waals surface area contributed by atoms with Crippen molar-refractivity contribution < 1.29 is 0 Å². The molecule has 0 saturated heterocycles. The molecule has 9 aromatic carbocycles. The van der Waals surface area contributed by atoms with Crippen molar-refractivity contribution in [3.63, 3.8) is 0 Å². The van der Waals surface area contributed by atoms with Crippen molar-refractivity contribution in [3.8, 4) is 55.9 Å². The fraction of sp³-hybridized carbons (Fsp3) is 0. The first-order valence-corrected chi connectivity index (χ1v) is 17.9. The maximum atomic E-state index is 5.21. The third kappa shape index (κ3) is 5.23. The molecule has 242 valence electrons. The molecule has 0 bridgehead atoms. The summed E-state index contributed by atoms with van der Waals surface area (Å²) in [7, 11) is 0. The van der Waals surface area contributed by atoms with E-state index in [4.69, 9.17) is 4.98 Å². The van der Waals surface area contributed by atoms with Crippen LogP contribution in [-0.2, 0) is 0 Å². The minimum atomic E-state index is 0.955. The standard InChI is InChI=1S/C51H33N/c1-3-15-34(16-4-1)50-32-39(33-51(52-50)35-17-5-2-6-18-35)38-27-40(48-30-36-19-7-9-21-42(36)44-23-11-13-25-46(44)48)29-41(28-38)49-31-37-20-8-10-22-43(37)45-24-12-14-26-47(45)49/h1-33H. The number of hydrogen-bond acceptors (Lipinski definition) is 1. The highest BCUT2D eigenvalue weighted by molar-refractivity contribution is 6.16. The predicted octanol–water partition coefficient (Wildman–Crippen LogP) is 14.0. The Hall–Kier alpha value is -6.83. The third-order valence-corrected chi connectivity index (χ3v) is 10.4. The van der Waals surface area contributed by atoms with E-state index in [1.807, 2.05) is 0 Å². The van der Waals surface area contributed by atoms with Gasteiger partial charge in [0.1, 0.15) is 0 Å². The van der Waals surface area contributed by atoms with Gasteiger partial charge in [-0.2, -0.15) is 0 Å². The highest BCUT2D eigenvalue weighted by atomic mass is 14.7. The summed E-state index contributed by atoms with van der Waals surface area (Å²) in [6.07, 6.45) is 0. The molecule has 0 atom stereocenters. The minimum absolute atomic E-state index is 0.955. The number of hydrogen-bond donors (Lipinski definition) is 0. The Balaban J connectivity index is 1.30. The number of fused-ring (bicyclic) bond motifs is 6. The van der Waals surface area contributed by atoms with Crippen LogP contribution >= 0.6 is 0 Å². The lowest BCUT2D eigenvalue weighted by atomic mass is 9.87. The van der Waals surface area contributed by atoms with Gasteiger partial charge in [-0.05, 0) is 119 Å². The molecule has 0 fully saturated rings. The van der Waals surface area contributed by atoms with Crippen molar-refractivity contribution in [3.05, 3.63) is 200 Å². The number of rotatable bonds is 5. The van der Waals surface area contributed by atoms with E-state index in [0.29, 0.717) is 0 Å². The summed E-state index contributed by atoms with van der Waals surface area (Å²) >= 11 is 0. The zero-order valence-electron chi connectivity index (χ0n) is 28.5. The highest BCUT2D eigenvalue weighted by Crippen LogP contribution is 2.42. The van der Waals surface area contributed by atoms with Crippen LogP contribution in [0.2, 0.25) is 0 Å². The van der Waals surface area contributed by atoms with E-state index in [1.165, 1.54) is 65.3 Å². The fourth-order valence-electron chi connectivity index (χ4n) is 7.90. The molecule has 0 aliphatic rings. The fourth-order valence-corrected chi connectivity index (χ4v) is 7.90. The van der Waals surface area contributed by atoms with Crippen molar-refractivity contribution in [2.75, 3.05) is 0 Å². The molecule has 52 heavy (non-hydrogen) atoms. The summed E-state index contributed by atoms with van der Waals surface area (Å²) in [6, 6.07) is 72.5. The summed E-state index contributed by atoms with van der Waals surface area (Å²) in [5, 5.41) is 10.0. The van der Waals surface area contributed by atoms with Gasteiger partial charge in [-0.3, -0.25) is 0 Å². The molecule has 0 unspecified atom stereocenters. The lowest BCUT2D eigenvalue weighted by Gasteiger charge is -2.17. The second-order valence-corrected chi connectivity index (χ2v) is 13.5. The average molecular weight is 660 g/mol. The van der Waals surface area contributed by atoms with Gasteiger partial charge in [0.15, 0.2) is 0 Å². The molecule has 0 aliphatic carbocycles. The van der Waals surface area contributed by atoms with Crippen LogP contribution in [0.5, 0.6) is 0 Å². The second kappa shape index (κ2) is 12.5. The summed E-state index contributed by atoms with van der Waals surface area (Å²) in [5.74, 6) is 0. The molecule has 0 spiro atoms. The van der Waals surface area contributed by atoms with Gasteiger partial charge in [-0.15, -0.1) is 0 Å². The second-order valence-electron chi connectivity index (χ2n) is 13.5. The quantitative estimate of drug-likeness (QED) is 0.168. The number of aromatic nitrogens is 1. The zero-order valence-corrected chi connectivity index (χ0v) is 28.5. The number of benzene rings is 9. The largest absolute Gasteiger partial charge is 0.248 e. The van der Waals surface area contributed by atoms with Gasteiger partial charge in [0.25, 0.3) is 0 Å². The average Bonchev–Trinajstić information content (AvgIpc) is 3.23. The van der Waals surface area contributed by atoms with Crippen LogP contribution in [0.4, 0.5) is 0 Å². The van der Waals surface area contributed by atoms with E-state index in [0.717, 1.165) is 33.6 Å². The van der Waals surface area contributed by atoms with Crippen molar-refractivity contribution in [2.24, 2.45) is 0 Å². The van der Waals surface area contributed by atoms with E-state index < -0.39 is 0 Å². The molecule has 1 heterocycles. The van der Waals surface area contributed by atoms with Gasteiger partial charge in [-0.25, -0.2) is 4.98 Å². The Morgan fingerprint density at radius 2 is 0.577 bits per heavy atom. The lowest BCUT2D eigenvalue weighted by Crippen LogP contribution is -1.93. The highest BCUT2D eigenvalue weighted by Gasteiger charge is 2.16. The third-order valence-electron chi connectivity index (χ3n) is 10.4. The summed E-state index contributed by atoms with van der Waals surface area (Å²) in [4.78, 5) is 5.21. The Kier molecular flexibility index (Phi) is 7.22. The van der Waals surface area contributed by atoms with E-state index >= 15 is 0 Å². The van der Waals surface area contributed by atoms with Crippen LogP contribution in [0.15, 0.2) is 200 Å². The Bertz CT molecular complexity index is 2750. The topological polar surface area (TPSA) is 12.9 Å². The molecule has 1 nitrogen and oxygen atoms in total. The van der Waals surface area contributed by atoms with Crippen LogP contribution in [-0.4, -0.2) is 4.98 Å². The Morgan fingerprint density at radius 1 is 0.231 bits per heavy atom. The van der Waals surface area contributed by atoms with Crippen LogP contribution in [0, 0.1) is 0 Å². The molecule has 10 aromatic rings. The monoisotopic (exact) mass is 659 g/mol. The first kappa shape index (κ1) is 30.0. The lowest BCUT2D eigenvalue weighted by molar-refractivity contribution is 1.32. The molecule has 0 radical (unpaired) electrons. The van der Waals surface area contributed by atoms with E-state index in [1.54, 1.807) is 0 Å². The zero-order chi connectivity index (χ0) is 34.4. The van der Waals surface area contributed by atoms with Gasteiger partial charge >= 0.3 is 0 Å². The minimum Gasteiger partial charge on any atom is -0.248 e. The van der Waals surface area contributed by atoms with Crippen LogP contribution < -0.4 is 0 Å². The molecule has 0 amide bonds. The van der Waals surface area contributed by atoms with Gasteiger partial charge in [0, 0.05) is 11.1 Å². The van der Waals surface area contributed by atoms with E-state index in [9.17, 15) is 0 Å². The maximum Gasteiger partial charge on any atom is 0.0715 e. The molecule has 0 saturated carbocycles.